The first kappa shape index (κ1) is 13.9. The van der Waals surface area contributed by atoms with Crippen LogP contribution in [0.1, 0.15) is 27.4 Å². The van der Waals surface area contributed by atoms with Crippen molar-refractivity contribution in [3.63, 3.8) is 0 Å². The Kier molecular flexibility index (Phi) is 4.60. The van der Waals surface area contributed by atoms with Crippen LogP contribution in [0.15, 0.2) is 49.2 Å². The maximum absolute atomic E-state index is 11.9. The second-order valence-electron chi connectivity index (χ2n) is 4.45. The SMILES string of the molecule is C=CCNC(=O)c1cnc(Cc2ccccc2)nc1C. The quantitative estimate of drug-likeness (QED) is 0.846. The summed E-state index contributed by atoms with van der Waals surface area (Å²) in [5.41, 5.74) is 2.34. The van der Waals surface area contributed by atoms with Gasteiger partial charge in [0.15, 0.2) is 0 Å². The normalized spacial score (nSPS) is 10.1. The van der Waals surface area contributed by atoms with E-state index in [1.54, 1.807) is 12.3 Å². The molecule has 2 aromatic rings. The summed E-state index contributed by atoms with van der Waals surface area (Å²) in [4.78, 5) is 20.5. The van der Waals surface area contributed by atoms with Crippen molar-refractivity contribution in [3.05, 3.63) is 71.8 Å². The maximum Gasteiger partial charge on any atom is 0.254 e. The number of nitrogens with one attached hydrogen (secondary N) is 1. The molecule has 1 aromatic carbocycles. The van der Waals surface area contributed by atoms with Crippen LogP contribution in [0.2, 0.25) is 0 Å². The number of benzene rings is 1. The highest BCUT2D eigenvalue weighted by Crippen LogP contribution is 2.08. The molecule has 0 aliphatic carbocycles. The lowest BCUT2D eigenvalue weighted by Crippen LogP contribution is -2.24. The molecule has 0 aliphatic heterocycles. The lowest BCUT2D eigenvalue weighted by molar-refractivity contribution is 0.0956. The second kappa shape index (κ2) is 6.61. The summed E-state index contributed by atoms with van der Waals surface area (Å²) >= 11 is 0. The molecule has 4 heteroatoms. The molecule has 0 bridgehead atoms. The summed E-state index contributed by atoms with van der Waals surface area (Å²) in [6.45, 7) is 5.82. The van der Waals surface area contributed by atoms with Crippen LogP contribution in [0, 0.1) is 6.92 Å². The number of hydrogen-bond acceptors (Lipinski definition) is 3. The van der Waals surface area contributed by atoms with Crippen molar-refractivity contribution in [2.24, 2.45) is 0 Å². The minimum atomic E-state index is -0.173. The summed E-state index contributed by atoms with van der Waals surface area (Å²) in [6, 6.07) is 10.0. The molecule has 1 amide bonds. The van der Waals surface area contributed by atoms with Gasteiger partial charge in [0.05, 0.1) is 11.3 Å². The lowest BCUT2D eigenvalue weighted by atomic mass is 10.1. The van der Waals surface area contributed by atoms with E-state index in [9.17, 15) is 4.79 Å². The van der Waals surface area contributed by atoms with Crippen molar-refractivity contribution in [1.29, 1.82) is 0 Å². The van der Waals surface area contributed by atoms with E-state index in [2.05, 4.69) is 21.9 Å². The van der Waals surface area contributed by atoms with Gasteiger partial charge < -0.3 is 5.32 Å². The Morgan fingerprint density at radius 1 is 1.35 bits per heavy atom. The van der Waals surface area contributed by atoms with Gasteiger partial charge in [0.2, 0.25) is 0 Å². The summed E-state index contributed by atoms with van der Waals surface area (Å²) in [5, 5.41) is 2.72. The topological polar surface area (TPSA) is 54.9 Å². The molecule has 2 rings (SSSR count). The molecule has 0 radical (unpaired) electrons. The summed E-state index contributed by atoms with van der Waals surface area (Å²) in [5.74, 6) is 0.544. The van der Waals surface area contributed by atoms with Gasteiger partial charge in [0.1, 0.15) is 5.82 Å². The first-order valence-electron chi connectivity index (χ1n) is 6.46. The molecule has 0 aliphatic rings. The summed E-state index contributed by atoms with van der Waals surface area (Å²) in [7, 11) is 0. The average Bonchev–Trinajstić information content (AvgIpc) is 2.46. The number of aromatic nitrogens is 2. The third-order valence-corrected chi connectivity index (χ3v) is 2.89. The molecule has 1 heterocycles. The average molecular weight is 267 g/mol. The number of aryl methyl sites for hydroxylation is 1. The number of nitrogens with zero attached hydrogens (tertiary/aromatic N) is 2. The van der Waals surface area contributed by atoms with Crippen molar-refractivity contribution in [2.45, 2.75) is 13.3 Å². The van der Waals surface area contributed by atoms with Crippen LogP contribution < -0.4 is 5.32 Å². The van der Waals surface area contributed by atoms with Crippen LogP contribution in [0.4, 0.5) is 0 Å². The molecule has 0 spiro atoms. The van der Waals surface area contributed by atoms with Gasteiger partial charge in [-0.1, -0.05) is 36.4 Å². The third kappa shape index (κ3) is 3.51. The molecule has 0 saturated carbocycles. The third-order valence-electron chi connectivity index (χ3n) is 2.89. The molecule has 4 nitrogen and oxygen atoms in total. The Hall–Kier alpha value is -2.49. The molecule has 1 aromatic heterocycles. The smallest absolute Gasteiger partial charge is 0.254 e. The zero-order chi connectivity index (χ0) is 14.4. The number of hydrogen-bond donors (Lipinski definition) is 1. The highest BCUT2D eigenvalue weighted by Gasteiger charge is 2.11. The molecule has 102 valence electrons. The Balaban J connectivity index is 2.13. The predicted octanol–water partition coefficient (Wildman–Crippen LogP) is 2.29. The number of amides is 1. The first-order valence-corrected chi connectivity index (χ1v) is 6.46. The highest BCUT2D eigenvalue weighted by molar-refractivity contribution is 5.94. The predicted molar refractivity (Wildman–Crippen MR) is 78.5 cm³/mol. The zero-order valence-electron chi connectivity index (χ0n) is 11.5. The van der Waals surface area contributed by atoms with Crippen LogP contribution in [0.25, 0.3) is 0 Å². The molecular weight excluding hydrogens is 250 g/mol. The van der Waals surface area contributed by atoms with E-state index < -0.39 is 0 Å². The van der Waals surface area contributed by atoms with Crippen molar-refractivity contribution in [1.82, 2.24) is 15.3 Å². The molecule has 0 atom stereocenters. The number of carbonyl (C=O) groups is 1. The van der Waals surface area contributed by atoms with Crippen LogP contribution >= 0.6 is 0 Å². The van der Waals surface area contributed by atoms with E-state index >= 15 is 0 Å². The Labute approximate surface area is 118 Å². The van der Waals surface area contributed by atoms with E-state index in [4.69, 9.17) is 0 Å². The monoisotopic (exact) mass is 267 g/mol. The molecule has 0 unspecified atom stereocenters. The van der Waals surface area contributed by atoms with E-state index in [1.165, 1.54) is 0 Å². The van der Waals surface area contributed by atoms with Crippen LogP contribution in [-0.2, 0) is 6.42 Å². The highest BCUT2D eigenvalue weighted by atomic mass is 16.1. The minimum Gasteiger partial charge on any atom is -0.348 e. The van der Waals surface area contributed by atoms with Crippen molar-refractivity contribution in [2.75, 3.05) is 6.54 Å². The van der Waals surface area contributed by atoms with E-state index in [1.807, 2.05) is 37.3 Å². The number of rotatable bonds is 5. The van der Waals surface area contributed by atoms with Gasteiger partial charge in [0.25, 0.3) is 5.91 Å². The van der Waals surface area contributed by atoms with E-state index in [0.29, 0.717) is 30.0 Å². The largest absolute Gasteiger partial charge is 0.348 e. The zero-order valence-corrected chi connectivity index (χ0v) is 11.5. The fourth-order valence-electron chi connectivity index (χ4n) is 1.86. The van der Waals surface area contributed by atoms with Crippen molar-refractivity contribution in [3.8, 4) is 0 Å². The summed E-state index contributed by atoms with van der Waals surface area (Å²) in [6.07, 6.45) is 3.88. The minimum absolute atomic E-state index is 0.173. The van der Waals surface area contributed by atoms with Gasteiger partial charge in [0, 0.05) is 19.2 Å². The fourth-order valence-corrected chi connectivity index (χ4v) is 1.86. The van der Waals surface area contributed by atoms with Gasteiger partial charge in [-0.05, 0) is 12.5 Å². The van der Waals surface area contributed by atoms with Crippen LogP contribution in [0.5, 0.6) is 0 Å². The van der Waals surface area contributed by atoms with Gasteiger partial charge in [-0.2, -0.15) is 0 Å². The van der Waals surface area contributed by atoms with Crippen molar-refractivity contribution >= 4 is 5.91 Å². The van der Waals surface area contributed by atoms with Crippen LogP contribution in [0.3, 0.4) is 0 Å². The standard InChI is InChI=1S/C16H17N3O/c1-3-9-17-16(20)14-11-18-15(19-12(14)2)10-13-7-5-4-6-8-13/h3-8,11H,1,9-10H2,2H3,(H,17,20). The van der Waals surface area contributed by atoms with Crippen molar-refractivity contribution < 1.29 is 4.79 Å². The van der Waals surface area contributed by atoms with Gasteiger partial charge in [-0.15, -0.1) is 6.58 Å². The fraction of sp³-hybridized carbons (Fsp3) is 0.188. The van der Waals surface area contributed by atoms with Crippen LogP contribution in [-0.4, -0.2) is 22.4 Å². The van der Waals surface area contributed by atoms with Gasteiger partial charge >= 0.3 is 0 Å². The van der Waals surface area contributed by atoms with Gasteiger partial charge in [-0.25, -0.2) is 9.97 Å². The van der Waals surface area contributed by atoms with E-state index in [-0.39, 0.29) is 5.91 Å². The Morgan fingerprint density at radius 2 is 2.10 bits per heavy atom. The molecule has 20 heavy (non-hydrogen) atoms. The Bertz CT molecular complexity index is 608. The molecule has 1 N–H and O–H groups in total. The lowest BCUT2D eigenvalue weighted by Gasteiger charge is -2.07. The first-order chi connectivity index (χ1) is 9.70. The molecular formula is C16H17N3O. The summed E-state index contributed by atoms with van der Waals surface area (Å²) < 4.78 is 0. The molecule has 0 fully saturated rings. The number of carbonyl (C=O) groups excluding carboxylic acids is 1. The van der Waals surface area contributed by atoms with Gasteiger partial charge in [-0.3, -0.25) is 4.79 Å². The maximum atomic E-state index is 11.9. The molecule has 0 saturated heterocycles. The Morgan fingerprint density at radius 3 is 2.75 bits per heavy atom. The second-order valence-corrected chi connectivity index (χ2v) is 4.45. The van der Waals surface area contributed by atoms with E-state index in [0.717, 1.165) is 5.56 Å².